The molecule has 26 heavy (non-hydrogen) atoms. The maximum Gasteiger partial charge on any atom is 0.411 e. The summed E-state index contributed by atoms with van der Waals surface area (Å²) in [7, 11) is 0. The highest BCUT2D eigenvalue weighted by molar-refractivity contribution is 5.87. The van der Waals surface area contributed by atoms with E-state index in [4.69, 9.17) is 6.42 Å². The number of carbonyl (C=O) groups is 1. The average Bonchev–Trinajstić information content (AvgIpc) is 3.00. The molecule has 0 saturated carbocycles. The molecule has 0 saturated heterocycles. The van der Waals surface area contributed by atoms with Gasteiger partial charge in [0, 0.05) is 23.7 Å². The third-order valence-corrected chi connectivity index (χ3v) is 4.88. The van der Waals surface area contributed by atoms with Gasteiger partial charge in [-0.3, -0.25) is 4.90 Å². The largest absolute Gasteiger partial charge is 0.465 e. The summed E-state index contributed by atoms with van der Waals surface area (Å²) in [5.74, 6) is 2.56. The molecule has 0 atom stereocenters. The topological polar surface area (TPSA) is 40.5 Å². The van der Waals surface area contributed by atoms with Gasteiger partial charge in [0.2, 0.25) is 0 Å². The fourth-order valence-corrected chi connectivity index (χ4v) is 3.70. The lowest BCUT2D eigenvalue weighted by Gasteiger charge is -2.24. The summed E-state index contributed by atoms with van der Waals surface area (Å²) in [4.78, 5) is 13.4. The first-order valence-corrected chi connectivity index (χ1v) is 8.44. The zero-order valence-corrected chi connectivity index (χ0v) is 14.1. The molecule has 1 amide bonds. The van der Waals surface area contributed by atoms with Gasteiger partial charge in [0.15, 0.2) is 0 Å². The maximum absolute atomic E-state index is 12.0. The number of hydrogen-bond donors (Lipinski definition) is 1. The number of terminal acetylenes is 1. The average molecular weight is 339 g/mol. The van der Waals surface area contributed by atoms with Gasteiger partial charge in [0.05, 0.1) is 0 Å². The fourth-order valence-electron chi connectivity index (χ4n) is 3.70. The number of rotatable bonds is 3. The molecule has 0 unspecified atom stereocenters. The van der Waals surface area contributed by atoms with Crippen molar-refractivity contribution in [2.75, 3.05) is 11.4 Å². The van der Waals surface area contributed by atoms with Crippen molar-refractivity contribution in [2.24, 2.45) is 0 Å². The lowest BCUT2D eigenvalue weighted by Crippen LogP contribution is -2.33. The molecule has 0 aromatic heterocycles. The van der Waals surface area contributed by atoms with Crippen LogP contribution in [0.5, 0.6) is 0 Å². The molecule has 1 aliphatic carbocycles. The highest BCUT2D eigenvalue weighted by Crippen LogP contribution is 2.45. The summed E-state index contributed by atoms with van der Waals surface area (Å²) in [5, 5.41) is 9.82. The van der Waals surface area contributed by atoms with Crippen molar-refractivity contribution in [1.29, 1.82) is 0 Å². The minimum atomic E-state index is -0.985. The van der Waals surface area contributed by atoms with Crippen LogP contribution < -0.4 is 4.90 Å². The van der Waals surface area contributed by atoms with Gasteiger partial charge in [0.1, 0.15) is 0 Å². The number of fused-ring (bicyclic) bond motifs is 3. The van der Waals surface area contributed by atoms with Crippen LogP contribution in [0.1, 0.15) is 22.6 Å². The minimum Gasteiger partial charge on any atom is -0.465 e. The summed E-state index contributed by atoms with van der Waals surface area (Å²) in [6, 6.07) is 23.5. The van der Waals surface area contributed by atoms with Crippen LogP contribution in [0, 0.1) is 12.3 Å². The fraction of sp³-hybridized carbons (Fsp3) is 0.0870. The van der Waals surface area contributed by atoms with Crippen molar-refractivity contribution in [3.8, 4) is 23.5 Å². The standard InChI is InChI=1S/C23H17NO2/c1-2-16-8-7-9-17(14-16)24(23(25)26)15-22-20-12-5-3-10-18(20)19-11-4-6-13-21(19)22/h1,3-14,22H,15H2,(H,25,26). The molecule has 126 valence electrons. The molecule has 0 bridgehead atoms. The Kier molecular flexibility index (Phi) is 3.95. The van der Waals surface area contributed by atoms with Crippen LogP contribution >= 0.6 is 0 Å². The molecule has 1 aliphatic rings. The number of hydrogen-bond acceptors (Lipinski definition) is 1. The second kappa shape index (κ2) is 6.42. The maximum atomic E-state index is 12.0. The van der Waals surface area contributed by atoms with Crippen molar-refractivity contribution in [3.63, 3.8) is 0 Å². The van der Waals surface area contributed by atoms with Crippen molar-refractivity contribution in [1.82, 2.24) is 0 Å². The van der Waals surface area contributed by atoms with E-state index in [9.17, 15) is 9.90 Å². The van der Waals surface area contributed by atoms with E-state index in [0.29, 0.717) is 17.8 Å². The van der Waals surface area contributed by atoms with Gasteiger partial charge in [-0.25, -0.2) is 4.79 Å². The molecule has 0 fully saturated rings. The lowest BCUT2D eigenvalue weighted by atomic mass is 9.96. The predicted octanol–water partition coefficient (Wildman–Crippen LogP) is 4.96. The third-order valence-electron chi connectivity index (χ3n) is 4.88. The highest BCUT2D eigenvalue weighted by Gasteiger charge is 2.31. The zero-order valence-electron chi connectivity index (χ0n) is 14.1. The molecule has 3 aromatic carbocycles. The Hall–Kier alpha value is -3.51. The number of amides is 1. The molecule has 3 aromatic rings. The lowest BCUT2D eigenvalue weighted by molar-refractivity contribution is 0.201. The molecular formula is C23H17NO2. The first kappa shape index (κ1) is 16.0. The Morgan fingerprint density at radius 1 is 0.962 bits per heavy atom. The smallest absolute Gasteiger partial charge is 0.411 e. The second-order valence-corrected chi connectivity index (χ2v) is 6.31. The van der Waals surface area contributed by atoms with Crippen molar-refractivity contribution < 1.29 is 9.90 Å². The zero-order chi connectivity index (χ0) is 18.1. The Morgan fingerprint density at radius 2 is 1.58 bits per heavy atom. The van der Waals surface area contributed by atoms with Gasteiger partial charge < -0.3 is 5.11 Å². The second-order valence-electron chi connectivity index (χ2n) is 6.31. The predicted molar refractivity (Wildman–Crippen MR) is 103 cm³/mol. The van der Waals surface area contributed by atoms with Gasteiger partial charge in [-0.1, -0.05) is 60.5 Å². The number of nitrogens with zero attached hydrogens (tertiary/aromatic N) is 1. The number of carboxylic acid groups (broad SMARTS) is 1. The van der Waals surface area contributed by atoms with Crippen LogP contribution in [0.3, 0.4) is 0 Å². The third kappa shape index (κ3) is 2.62. The Bertz CT molecular complexity index is 987. The molecule has 0 heterocycles. The van der Waals surface area contributed by atoms with E-state index in [1.165, 1.54) is 16.0 Å². The summed E-state index contributed by atoms with van der Waals surface area (Å²) >= 11 is 0. The SMILES string of the molecule is C#Cc1cccc(N(CC2c3ccccc3-c3ccccc32)C(=O)O)c1. The quantitative estimate of drug-likeness (QED) is 0.685. The number of benzene rings is 3. The van der Waals surface area contributed by atoms with E-state index in [1.54, 1.807) is 24.3 Å². The van der Waals surface area contributed by atoms with Gasteiger partial charge in [-0.15, -0.1) is 6.42 Å². The Labute approximate surface area is 152 Å². The molecule has 4 rings (SSSR count). The van der Waals surface area contributed by atoms with Gasteiger partial charge in [-0.2, -0.15) is 0 Å². The van der Waals surface area contributed by atoms with Crippen molar-refractivity contribution in [3.05, 3.63) is 89.5 Å². The van der Waals surface area contributed by atoms with E-state index >= 15 is 0 Å². The monoisotopic (exact) mass is 339 g/mol. The van der Waals surface area contributed by atoms with Gasteiger partial charge in [0.25, 0.3) is 0 Å². The molecule has 0 radical (unpaired) electrons. The van der Waals surface area contributed by atoms with Crippen LogP contribution in [-0.4, -0.2) is 17.7 Å². The van der Waals surface area contributed by atoms with E-state index in [1.807, 2.05) is 24.3 Å². The van der Waals surface area contributed by atoms with Gasteiger partial charge in [-0.05, 0) is 40.5 Å². The van der Waals surface area contributed by atoms with Gasteiger partial charge >= 0.3 is 6.09 Å². The van der Waals surface area contributed by atoms with Crippen LogP contribution in [0.4, 0.5) is 10.5 Å². The summed E-state index contributed by atoms with van der Waals surface area (Å²) in [5.41, 5.74) is 5.93. The van der Waals surface area contributed by atoms with E-state index in [0.717, 1.165) is 11.1 Å². The Morgan fingerprint density at radius 3 is 2.15 bits per heavy atom. The highest BCUT2D eigenvalue weighted by atomic mass is 16.4. The van der Waals surface area contributed by atoms with E-state index in [-0.39, 0.29) is 5.92 Å². The molecule has 1 N–H and O–H groups in total. The van der Waals surface area contributed by atoms with Crippen molar-refractivity contribution >= 4 is 11.8 Å². The summed E-state index contributed by atoms with van der Waals surface area (Å²) in [6.45, 7) is 0.345. The van der Waals surface area contributed by atoms with Crippen molar-refractivity contribution in [2.45, 2.75) is 5.92 Å². The molecular weight excluding hydrogens is 322 g/mol. The van der Waals surface area contributed by atoms with Crippen LogP contribution in [0.2, 0.25) is 0 Å². The normalized spacial score (nSPS) is 12.1. The Balaban J connectivity index is 1.77. The van der Waals surface area contributed by atoms with E-state index in [2.05, 4.69) is 30.2 Å². The van der Waals surface area contributed by atoms with E-state index < -0.39 is 6.09 Å². The minimum absolute atomic E-state index is 0.00649. The molecule has 0 aliphatic heterocycles. The first-order valence-electron chi connectivity index (χ1n) is 8.44. The van der Waals surface area contributed by atoms with Crippen LogP contribution in [0.25, 0.3) is 11.1 Å². The summed E-state index contributed by atoms with van der Waals surface area (Å²) < 4.78 is 0. The van der Waals surface area contributed by atoms with Crippen LogP contribution in [-0.2, 0) is 0 Å². The number of anilines is 1. The molecule has 3 heteroatoms. The molecule has 0 spiro atoms. The first-order chi connectivity index (χ1) is 12.7. The summed E-state index contributed by atoms with van der Waals surface area (Å²) in [6.07, 6.45) is 4.48. The molecule has 3 nitrogen and oxygen atoms in total. The van der Waals surface area contributed by atoms with Crippen LogP contribution in [0.15, 0.2) is 72.8 Å².